The van der Waals surface area contributed by atoms with Gasteiger partial charge in [-0.3, -0.25) is 0 Å². The zero-order chi connectivity index (χ0) is 18.8. The van der Waals surface area contributed by atoms with Gasteiger partial charge in [-0.1, -0.05) is 59.6 Å². The molecule has 0 saturated heterocycles. The van der Waals surface area contributed by atoms with Crippen LogP contribution in [0, 0.1) is 0 Å². The first kappa shape index (κ1) is 18.0. The summed E-state index contributed by atoms with van der Waals surface area (Å²) in [5, 5.41) is 18.7. The van der Waals surface area contributed by atoms with E-state index in [2.05, 4.69) is 32.6 Å². The van der Waals surface area contributed by atoms with Crippen molar-refractivity contribution in [2.45, 2.75) is 10.8 Å². The van der Waals surface area contributed by atoms with Crippen LogP contribution in [-0.2, 0) is 12.8 Å². The summed E-state index contributed by atoms with van der Waals surface area (Å²) in [7, 11) is 1.73. The number of thioether (sulfide) groups is 1. The van der Waals surface area contributed by atoms with Gasteiger partial charge in [0, 0.05) is 5.75 Å². The molecule has 27 heavy (non-hydrogen) atoms. The molecule has 9 heteroatoms. The molecule has 0 aliphatic carbocycles. The minimum atomic E-state index is 0.447. The number of rotatable bonds is 5. The van der Waals surface area contributed by atoms with E-state index in [0.717, 1.165) is 16.3 Å². The topological polar surface area (TPSA) is 61.4 Å². The van der Waals surface area contributed by atoms with Gasteiger partial charge in [-0.2, -0.15) is 9.90 Å². The van der Waals surface area contributed by atoms with Crippen molar-refractivity contribution in [3.8, 4) is 17.1 Å². The maximum absolute atomic E-state index is 6.43. The number of hydrogen-bond acceptors (Lipinski definition) is 5. The highest BCUT2D eigenvalue weighted by Crippen LogP contribution is 2.36. The Kier molecular flexibility index (Phi) is 5.15. The monoisotopic (exact) mass is 416 g/mol. The lowest BCUT2D eigenvalue weighted by Gasteiger charge is -2.11. The quantitative estimate of drug-likeness (QED) is 0.442. The number of halogens is 2. The van der Waals surface area contributed by atoms with Crippen molar-refractivity contribution in [1.82, 2.24) is 30.0 Å². The van der Waals surface area contributed by atoms with Gasteiger partial charge in [0.1, 0.15) is 5.03 Å². The fourth-order valence-corrected chi connectivity index (χ4v) is 4.01. The van der Waals surface area contributed by atoms with Crippen LogP contribution in [0.5, 0.6) is 0 Å². The van der Waals surface area contributed by atoms with Crippen molar-refractivity contribution < 1.29 is 0 Å². The Hall–Kier alpha value is -2.35. The Balaban J connectivity index is 1.79. The van der Waals surface area contributed by atoms with Gasteiger partial charge in [0.25, 0.3) is 0 Å². The lowest BCUT2D eigenvalue weighted by atomic mass is 10.2. The second-order valence-corrected chi connectivity index (χ2v) is 7.47. The molecule has 0 amide bonds. The van der Waals surface area contributed by atoms with E-state index in [1.807, 2.05) is 30.3 Å². The third kappa shape index (κ3) is 3.71. The Morgan fingerprint density at radius 3 is 2.59 bits per heavy atom. The first-order chi connectivity index (χ1) is 13.1. The molecule has 0 radical (unpaired) electrons. The summed E-state index contributed by atoms with van der Waals surface area (Å²) >= 11 is 14.3. The molecule has 0 bridgehead atoms. The minimum absolute atomic E-state index is 0.447. The average molecular weight is 417 g/mol. The highest BCUT2D eigenvalue weighted by molar-refractivity contribution is 7.98. The maximum atomic E-state index is 6.43. The van der Waals surface area contributed by atoms with Gasteiger partial charge in [0.15, 0.2) is 0 Å². The van der Waals surface area contributed by atoms with E-state index >= 15 is 0 Å². The van der Waals surface area contributed by atoms with Crippen molar-refractivity contribution in [3.63, 3.8) is 0 Å². The Bertz CT molecular complexity index is 1080. The normalized spacial score (nSPS) is 11.1. The molecule has 4 rings (SSSR count). The van der Waals surface area contributed by atoms with Crippen LogP contribution < -0.4 is 0 Å². The van der Waals surface area contributed by atoms with Gasteiger partial charge in [-0.15, -0.1) is 22.0 Å². The summed E-state index contributed by atoms with van der Waals surface area (Å²) in [6.07, 6.45) is 1.72. The predicted octanol–water partition coefficient (Wildman–Crippen LogP) is 4.66. The molecule has 0 atom stereocenters. The van der Waals surface area contributed by atoms with Crippen LogP contribution in [0.25, 0.3) is 17.1 Å². The van der Waals surface area contributed by atoms with Crippen LogP contribution in [0.2, 0.25) is 10.0 Å². The van der Waals surface area contributed by atoms with Gasteiger partial charge in [-0.25, -0.2) is 4.68 Å². The van der Waals surface area contributed by atoms with Crippen LogP contribution in [0.1, 0.15) is 5.56 Å². The van der Waals surface area contributed by atoms with Crippen molar-refractivity contribution in [2.75, 3.05) is 0 Å². The van der Waals surface area contributed by atoms with Crippen LogP contribution in [0.4, 0.5) is 0 Å². The van der Waals surface area contributed by atoms with Gasteiger partial charge >= 0.3 is 0 Å². The average Bonchev–Trinajstić information content (AvgIpc) is 3.29. The molecular weight excluding hydrogens is 403 g/mol. The smallest absolute Gasteiger partial charge is 0.209 e. The predicted molar refractivity (Wildman–Crippen MR) is 107 cm³/mol. The van der Waals surface area contributed by atoms with Crippen molar-refractivity contribution in [3.05, 3.63) is 70.3 Å². The van der Waals surface area contributed by atoms with E-state index in [9.17, 15) is 0 Å². The standard InChI is InChI=1S/C18H14Cl2N6S/c1-25-23-17(22-24-25)13-10-21-26(15-9-5-8-14(19)16(15)20)18(13)27-11-12-6-3-2-4-7-12/h2-10H,11H2,1H3. The lowest BCUT2D eigenvalue weighted by Crippen LogP contribution is -2.00. The molecule has 136 valence electrons. The third-order valence-corrected chi connectivity index (χ3v) is 5.80. The van der Waals surface area contributed by atoms with E-state index in [1.54, 1.807) is 35.8 Å². The van der Waals surface area contributed by atoms with Crippen molar-refractivity contribution in [1.29, 1.82) is 0 Å². The minimum Gasteiger partial charge on any atom is -0.225 e. The van der Waals surface area contributed by atoms with E-state index in [-0.39, 0.29) is 0 Å². The SMILES string of the molecule is Cn1nnc(-c2cnn(-c3cccc(Cl)c3Cl)c2SCc2ccccc2)n1. The number of aromatic nitrogens is 6. The summed E-state index contributed by atoms with van der Waals surface area (Å²) in [5.41, 5.74) is 2.69. The fourth-order valence-electron chi connectivity index (χ4n) is 2.57. The zero-order valence-corrected chi connectivity index (χ0v) is 16.6. The van der Waals surface area contributed by atoms with E-state index in [0.29, 0.717) is 21.6 Å². The Morgan fingerprint density at radius 2 is 1.85 bits per heavy atom. The third-order valence-electron chi connectivity index (χ3n) is 3.85. The van der Waals surface area contributed by atoms with Crippen LogP contribution in [-0.4, -0.2) is 30.0 Å². The summed E-state index contributed by atoms with van der Waals surface area (Å²) in [5.74, 6) is 1.27. The number of hydrogen-bond donors (Lipinski definition) is 0. The largest absolute Gasteiger partial charge is 0.225 e. The molecular formula is C18H14Cl2N6S. The number of tetrazole rings is 1. The van der Waals surface area contributed by atoms with E-state index in [4.69, 9.17) is 23.2 Å². The number of benzene rings is 2. The van der Waals surface area contributed by atoms with Crippen molar-refractivity contribution >= 4 is 35.0 Å². The number of aryl methyl sites for hydroxylation is 1. The molecule has 0 aliphatic heterocycles. The molecule has 0 spiro atoms. The van der Waals surface area contributed by atoms with Gasteiger partial charge in [0.05, 0.1) is 34.5 Å². The van der Waals surface area contributed by atoms with E-state index < -0.39 is 0 Å². The molecule has 4 aromatic rings. The van der Waals surface area contributed by atoms with Gasteiger partial charge in [0.2, 0.25) is 5.82 Å². The van der Waals surface area contributed by atoms with Gasteiger partial charge < -0.3 is 0 Å². The summed E-state index contributed by atoms with van der Waals surface area (Å²) < 4.78 is 1.77. The summed E-state index contributed by atoms with van der Waals surface area (Å²) in [6.45, 7) is 0. The summed E-state index contributed by atoms with van der Waals surface area (Å²) in [4.78, 5) is 1.42. The van der Waals surface area contributed by atoms with Gasteiger partial charge in [-0.05, 0) is 22.9 Å². The first-order valence-electron chi connectivity index (χ1n) is 8.07. The first-order valence-corrected chi connectivity index (χ1v) is 9.81. The zero-order valence-electron chi connectivity index (χ0n) is 14.3. The fraction of sp³-hybridized carbons (Fsp3) is 0.111. The second kappa shape index (κ2) is 7.72. The molecule has 2 aromatic carbocycles. The van der Waals surface area contributed by atoms with Crippen LogP contribution in [0.3, 0.4) is 0 Å². The molecule has 6 nitrogen and oxygen atoms in total. The highest BCUT2D eigenvalue weighted by Gasteiger charge is 2.20. The molecule has 0 saturated carbocycles. The highest BCUT2D eigenvalue weighted by atomic mass is 35.5. The molecule has 0 aliphatic rings. The molecule has 0 fully saturated rings. The van der Waals surface area contributed by atoms with Crippen molar-refractivity contribution in [2.24, 2.45) is 7.05 Å². The lowest BCUT2D eigenvalue weighted by molar-refractivity contribution is 0.630. The Morgan fingerprint density at radius 1 is 1.04 bits per heavy atom. The molecule has 2 aromatic heterocycles. The number of nitrogens with zero attached hydrogens (tertiary/aromatic N) is 6. The Labute approximate surface area is 170 Å². The second-order valence-electron chi connectivity index (χ2n) is 5.72. The van der Waals surface area contributed by atoms with E-state index in [1.165, 1.54) is 10.4 Å². The van der Waals surface area contributed by atoms with Crippen LogP contribution in [0.15, 0.2) is 59.8 Å². The van der Waals surface area contributed by atoms with Crippen LogP contribution >= 0.6 is 35.0 Å². The molecule has 0 N–H and O–H groups in total. The summed E-state index contributed by atoms with van der Waals surface area (Å²) in [6, 6.07) is 15.7. The molecule has 0 unspecified atom stereocenters. The maximum Gasteiger partial charge on any atom is 0.209 e. The molecule has 2 heterocycles.